The summed E-state index contributed by atoms with van der Waals surface area (Å²) in [7, 11) is 1.51. The number of rotatable bonds is 2. The van der Waals surface area contributed by atoms with Crippen molar-refractivity contribution in [2.24, 2.45) is 5.73 Å². The van der Waals surface area contributed by atoms with Crippen LogP contribution < -0.4 is 10.6 Å². The fraction of sp³-hybridized carbons (Fsp3) is 0.111. The molecular weight excluding hydrogens is 184 g/mol. The Morgan fingerprint density at radius 1 is 1.29 bits per heavy atom. The van der Waals surface area contributed by atoms with Crippen LogP contribution in [-0.2, 0) is 0 Å². The van der Waals surface area contributed by atoms with Gasteiger partial charge in [0.05, 0.1) is 5.56 Å². The first kappa shape index (κ1) is 10.0. The van der Waals surface area contributed by atoms with Crippen LogP contribution in [0.1, 0.15) is 10.4 Å². The highest BCUT2D eigenvalue weighted by atomic mass is 16.4. The standard InChI is InChI=1S/C9H10N2O3/c1-11(9(10)14)7-4-2-6(3-5-7)8(12)13/h2-5H,1H3,(H2,10,14)(H,12,13). The quantitative estimate of drug-likeness (QED) is 0.733. The summed E-state index contributed by atoms with van der Waals surface area (Å²) in [5.74, 6) is -1.00. The number of hydrogen-bond acceptors (Lipinski definition) is 2. The molecule has 0 aromatic heterocycles. The minimum Gasteiger partial charge on any atom is -0.478 e. The fourth-order valence-corrected chi connectivity index (χ4v) is 0.955. The van der Waals surface area contributed by atoms with Crippen LogP contribution in [0.5, 0.6) is 0 Å². The highest BCUT2D eigenvalue weighted by molar-refractivity contribution is 5.92. The summed E-state index contributed by atoms with van der Waals surface area (Å²) < 4.78 is 0. The molecule has 5 nitrogen and oxygen atoms in total. The van der Waals surface area contributed by atoms with E-state index in [4.69, 9.17) is 10.8 Å². The number of amides is 2. The van der Waals surface area contributed by atoms with E-state index in [1.54, 1.807) is 0 Å². The summed E-state index contributed by atoms with van der Waals surface area (Å²) in [6.45, 7) is 0. The number of benzene rings is 1. The Hall–Kier alpha value is -2.04. The smallest absolute Gasteiger partial charge is 0.335 e. The van der Waals surface area contributed by atoms with E-state index in [1.807, 2.05) is 0 Å². The molecule has 74 valence electrons. The molecule has 0 heterocycles. The van der Waals surface area contributed by atoms with Crippen molar-refractivity contribution in [2.45, 2.75) is 0 Å². The molecule has 1 aromatic rings. The molecule has 0 saturated heterocycles. The zero-order chi connectivity index (χ0) is 10.7. The predicted molar refractivity (Wildman–Crippen MR) is 51.4 cm³/mol. The topological polar surface area (TPSA) is 83.6 Å². The summed E-state index contributed by atoms with van der Waals surface area (Å²) in [6.07, 6.45) is 0. The van der Waals surface area contributed by atoms with E-state index in [2.05, 4.69) is 0 Å². The second-order valence-electron chi connectivity index (χ2n) is 2.75. The van der Waals surface area contributed by atoms with Crippen molar-refractivity contribution in [1.82, 2.24) is 0 Å². The average molecular weight is 194 g/mol. The van der Waals surface area contributed by atoms with Crippen LogP contribution in [0.4, 0.5) is 10.5 Å². The van der Waals surface area contributed by atoms with E-state index in [-0.39, 0.29) is 5.56 Å². The fourth-order valence-electron chi connectivity index (χ4n) is 0.955. The molecule has 2 amide bonds. The number of hydrogen-bond donors (Lipinski definition) is 2. The Morgan fingerprint density at radius 3 is 2.14 bits per heavy atom. The largest absolute Gasteiger partial charge is 0.478 e. The molecule has 0 aliphatic rings. The van der Waals surface area contributed by atoms with E-state index >= 15 is 0 Å². The van der Waals surface area contributed by atoms with Crippen LogP contribution in [0.25, 0.3) is 0 Å². The van der Waals surface area contributed by atoms with Crippen molar-refractivity contribution < 1.29 is 14.7 Å². The summed E-state index contributed by atoms with van der Waals surface area (Å²) in [6, 6.07) is 5.28. The molecule has 14 heavy (non-hydrogen) atoms. The van der Waals surface area contributed by atoms with E-state index in [0.29, 0.717) is 5.69 Å². The Morgan fingerprint density at radius 2 is 1.79 bits per heavy atom. The lowest BCUT2D eigenvalue weighted by Crippen LogP contribution is -2.31. The Labute approximate surface area is 80.7 Å². The molecule has 0 fully saturated rings. The van der Waals surface area contributed by atoms with E-state index in [1.165, 1.54) is 36.2 Å². The summed E-state index contributed by atoms with van der Waals surface area (Å²) in [5, 5.41) is 8.62. The van der Waals surface area contributed by atoms with Crippen LogP contribution in [0, 0.1) is 0 Å². The monoisotopic (exact) mass is 194 g/mol. The number of nitrogens with zero attached hydrogens (tertiary/aromatic N) is 1. The van der Waals surface area contributed by atoms with Gasteiger partial charge in [0.1, 0.15) is 0 Å². The number of aromatic carboxylic acids is 1. The van der Waals surface area contributed by atoms with Gasteiger partial charge >= 0.3 is 12.0 Å². The minimum absolute atomic E-state index is 0.173. The van der Waals surface area contributed by atoms with E-state index < -0.39 is 12.0 Å². The van der Waals surface area contributed by atoms with Gasteiger partial charge in [0.25, 0.3) is 0 Å². The van der Waals surface area contributed by atoms with Gasteiger partial charge in [0.15, 0.2) is 0 Å². The maximum absolute atomic E-state index is 10.8. The number of carbonyl (C=O) groups excluding carboxylic acids is 1. The lowest BCUT2D eigenvalue weighted by molar-refractivity contribution is 0.0697. The number of urea groups is 1. The average Bonchev–Trinajstić information content (AvgIpc) is 2.16. The summed E-state index contributed by atoms with van der Waals surface area (Å²) in [5.41, 5.74) is 5.77. The third-order valence-corrected chi connectivity index (χ3v) is 1.83. The van der Waals surface area contributed by atoms with Gasteiger partial charge in [-0.25, -0.2) is 9.59 Å². The van der Waals surface area contributed by atoms with Gasteiger partial charge in [0, 0.05) is 12.7 Å². The first-order chi connectivity index (χ1) is 6.52. The molecule has 0 bridgehead atoms. The molecule has 0 aliphatic carbocycles. The van der Waals surface area contributed by atoms with Gasteiger partial charge in [-0.3, -0.25) is 4.90 Å². The van der Waals surface area contributed by atoms with Crippen molar-refractivity contribution in [3.8, 4) is 0 Å². The Balaban J connectivity index is 2.94. The van der Waals surface area contributed by atoms with Gasteiger partial charge < -0.3 is 10.8 Å². The number of primary amides is 1. The molecule has 0 radical (unpaired) electrons. The van der Waals surface area contributed by atoms with E-state index in [0.717, 1.165) is 0 Å². The van der Waals surface area contributed by atoms with Crippen molar-refractivity contribution in [3.05, 3.63) is 29.8 Å². The Bertz CT molecular complexity index is 359. The molecule has 0 aliphatic heterocycles. The van der Waals surface area contributed by atoms with E-state index in [9.17, 15) is 9.59 Å². The van der Waals surface area contributed by atoms with Crippen molar-refractivity contribution in [3.63, 3.8) is 0 Å². The zero-order valence-electron chi connectivity index (χ0n) is 7.60. The Kier molecular flexibility index (Phi) is 2.71. The number of anilines is 1. The van der Waals surface area contributed by atoms with Crippen LogP contribution >= 0.6 is 0 Å². The maximum Gasteiger partial charge on any atom is 0.335 e. The molecule has 0 unspecified atom stereocenters. The minimum atomic E-state index is -1.00. The van der Waals surface area contributed by atoms with Crippen LogP contribution in [0.2, 0.25) is 0 Å². The second-order valence-corrected chi connectivity index (χ2v) is 2.75. The van der Waals surface area contributed by atoms with Gasteiger partial charge in [-0.1, -0.05) is 0 Å². The van der Waals surface area contributed by atoms with Crippen LogP contribution in [0.15, 0.2) is 24.3 Å². The van der Waals surface area contributed by atoms with Gasteiger partial charge in [0.2, 0.25) is 0 Å². The highest BCUT2D eigenvalue weighted by Gasteiger charge is 2.07. The normalized spacial score (nSPS) is 9.50. The van der Waals surface area contributed by atoms with Crippen LogP contribution in [-0.4, -0.2) is 24.2 Å². The molecule has 1 aromatic carbocycles. The number of carboxylic acids is 1. The van der Waals surface area contributed by atoms with Gasteiger partial charge in [-0.05, 0) is 24.3 Å². The lowest BCUT2D eigenvalue weighted by Gasteiger charge is -2.13. The molecule has 0 atom stereocenters. The maximum atomic E-state index is 10.8. The number of nitrogens with two attached hydrogens (primary N) is 1. The summed E-state index contributed by atoms with van der Waals surface area (Å²) >= 11 is 0. The zero-order valence-corrected chi connectivity index (χ0v) is 7.60. The van der Waals surface area contributed by atoms with Crippen molar-refractivity contribution in [1.29, 1.82) is 0 Å². The van der Waals surface area contributed by atoms with Crippen molar-refractivity contribution in [2.75, 3.05) is 11.9 Å². The molecule has 0 spiro atoms. The third-order valence-electron chi connectivity index (χ3n) is 1.83. The van der Waals surface area contributed by atoms with Gasteiger partial charge in [-0.15, -0.1) is 0 Å². The first-order valence-corrected chi connectivity index (χ1v) is 3.89. The molecule has 1 rings (SSSR count). The first-order valence-electron chi connectivity index (χ1n) is 3.89. The SMILES string of the molecule is CN(C(N)=O)c1ccc(C(=O)O)cc1. The second kappa shape index (κ2) is 3.78. The van der Waals surface area contributed by atoms with Crippen molar-refractivity contribution >= 4 is 17.7 Å². The van der Waals surface area contributed by atoms with Gasteiger partial charge in [-0.2, -0.15) is 0 Å². The third kappa shape index (κ3) is 2.01. The number of carboxylic acid groups (broad SMARTS) is 1. The number of carbonyl (C=O) groups is 2. The molecule has 3 N–H and O–H groups in total. The molecule has 0 saturated carbocycles. The molecule has 5 heteroatoms. The van der Waals surface area contributed by atoms with Crippen LogP contribution in [0.3, 0.4) is 0 Å². The lowest BCUT2D eigenvalue weighted by atomic mass is 10.2. The molecular formula is C9H10N2O3. The predicted octanol–water partition coefficient (Wildman–Crippen LogP) is 0.900. The summed E-state index contributed by atoms with van der Waals surface area (Å²) in [4.78, 5) is 22.5. The highest BCUT2D eigenvalue weighted by Crippen LogP contribution is 2.13.